The zero-order chi connectivity index (χ0) is 9.64. The second-order valence-electron chi connectivity index (χ2n) is 2.53. The van der Waals surface area contributed by atoms with Crippen molar-refractivity contribution in [2.24, 2.45) is 0 Å². The Balaban J connectivity index is -0.000000125. The summed E-state index contributed by atoms with van der Waals surface area (Å²) in [7, 11) is 3.44. The van der Waals surface area contributed by atoms with Crippen LogP contribution in [0.15, 0.2) is 58.8 Å². The Morgan fingerprint density at radius 2 is 0.800 bits per heavy atom. The van der Waals surface area contributed by atoms with Crippen LogP contribution in [0.4, 0.5) is 0 Å². The summed E-state index contributed by atoms with van der Waals surface area (Å²) in [5.41, 5.74) is 0. The molecule has 20 heavy (non-hydrogen) atoms. The molecule has 0 amide bonds. The van der Waals surface area contributed by atoms with Gasteiger partial charge in [-0.3, -0.25) is 9.97 Å². The predicted molar refractivity (Wildman–Crippen MR) is 86.6 cm³/mol. The number of nitrogens with two attached hydrogens (primary N) is 5. The molecule has 2 heterocycles. The first-order valence-electron chi connectivity index (χ1n) is 4.10. The molecule has 2 rings (SSSR count). The fourth-order valence-corrected chi connectivity index (χ4v) is 2.79. The van der Waals surface area contributed by atoms with E-state index in [0.717, 1.165) is 0 Å². The molecule has 113 valence electrons. The molecule has 10 N–H and O–H groups in total. The molecule has 0 unspecified atom stereocenters. The van der Waals surface area contributed by atoms with Gasteiger partial charge >= 0.3 is 19.5 Å². The largest absolute Gasteiger partial charge is 5.00 e. The third-order valence-electron chi connectivity index (χ3n) is 1.53. The monoisotopic (exact) mass is 402 g/mol. The van der Waals surface area contributed by atoms with Gasteiger partial charge in [0.2, 0.25) is 0 Å². The van der Waals surface area contributed by atoms with Crippen LogP contribution in [0.2, 0.25) is 0 Å². The van der Waals surface area contributed by atoms with E-state index in [1.165, 1.54) is 9.79 Å². The van der Waals surface area contributed by atoms with Gasteiger partial charge < -0.3 is 30.8 Å². The van der Waals surface area contributed by atoms with Crippen LogP contribution in [0.5, 0.6) is 0 Å². The van der Waals surface area contributed by atoms with E-state index in [-0.39, 0.29) is 50.2 Å². The summed E-state index contributed by atoms with van der Waals surface area (Å²) < 4.78 is 0. The molecule has 0 saturated carbocycles. The van der Waals surface area contributed by atoms with Gasteiger partial charge in [0.1, 0.15) is 0 Å². The quantitative estimate of drug-likeness (QED) is 0.400. The van der Waals surface area contributed by atoms with Crippen molar-refractivity contribution >= 4 is 21.6 Å². The van der Waals surface area contributed by atoms with Crippen molar-refractivity contribution in [1.82, 2.24) is 9.97 Å². The molecule has 1 radical (unpaired) electrons. The van der Waals surface area contributed by atoms with Crippen molar-refractivity contribution in [3.05, 3.63) is 79.8 Å². The van der Waals surface area contributed by atoms with Crippen LogP contribution in [0, 0.1) is 0 Å². The second-order valence-corrected chi connectivity index (χ2v) is 4.81. The molecule has 0 spiro atoms. The Labute approximate surface area is 140 Å². The van der Waals surface area contributed by atoms with E-state index < -0.39 is 0 Å². The third-order valence-corrected chi connectivity index (χ3v) is 3.95. The number of nitrogens with zero attached hydrogens (tertiary/aromatic N) is 2. The van der Waals surface area contributed by atoms with Gasteiger partial charge in [0.15, 0.2) is 0 Å². The Bertz CT molecular complexity index is 354. The fraction of sp³-hybridized carbons (Fsp3) is 0. The molecule has 0 aliphatic heterocycles. The Hall–Kier alpha value is -0.577. The summed E-state index contributed by atoms with van der Waals surface area (Å²) in [6, 6.07) is 8.00. The summed E-state index contributed by atoms with van der Waals surface area (Å²) in [6.45, 7) is 0. The molecular formula is C10H18N7RuS2. The standard InChI is InChI=1S/C10H8N2S2.5H2N.Ru/c1-5-11-6-2-9(1)13-14-10-3-7-12-8-4-10;;;;;;/h1-8H;5*1H2;/q;5*-1;+5. The predicted octanol–water partition coefficient (Wildman–Crippen LogP) is 6.86. The number of hydrogen-bond acceptors (Lipinski definition) is 4. The van der Waals surface area contributed by atoms with Crippen molar-refractivity contribution in [2.75, 3.05) is 0 Å². The fourth-order valence-electron chi connectivity index (χ4n) is 0.884. The topological polar surface area (TPSA) is 193 Å². The van der Waals surface area contributed by atoms with Crippen molar-refractivity contribution < 1.29 is 19.5 Å². The second kappa shape index (κ2) is 18.4. The van der Waals surface area contributed by atoms with E-state index in [2.05, 4.69) is 9.97 Å². The van der Waals surface area contributed by atoms with Crippen molar-refractivity contribution in [2.45, 2.75) is 9.79 Å². The average Bonchev–Trinajstić information content (AvgIpc) is 2.29. The molecule has 2 aromatic heterocycles. The van der Waals surface area contributed by atoms with Gasteiger partial charge in [-0.05, 0) is 24.3 Å². The van der Waals surface area contributed by atoms with E-state index in [0.29, 0.717) is 0 Å². The minimum atomic E-state index is 0. The maximum Gasteiger partial charge on any atom is 5.00 e. The molecular weight excluding hydrogens is 383 g/mol. The Morgan fingerprint density at radius 3 is 1.05 bits per heavy atom. The maximum atomic E-state index is 3.97. The van der Waals surface area contributed by atoms with Crippen LogP contribution in [-0.2, 0) is 19.5 Å². The molecule has 0 saturated heterocycles. The minimum Gasteiger partial charge on any atom is -0.693 e. The molecule has 0 aromatic carbocycles. The van der Waals surface area contributed by atoms with Gasteiger partial charge in [0.05, 0.1) is 0 Å². The minimum absolute atomic E-state index is 0. The van der Waals surface area contributed by atoms with Crippen molar-refractivity contribution in [1.29, 1.82) is 0 Å². The van der Waals surface area contributed by atoms with Gasteiger partial charge in [-0.1, -0.05) is 21.6 Å². The summed E-state index contributed by atoms with van der Waals surface area (Å²) in [6.07, 6.45) is 7.20. The van der Waals surface area contributed by atoms with Crippen LogP contribution in [-0.4, -0.2) is 9.97 Å². The van der Waals surface area contributed by atoms with Crippen LogP contribution in [0.3, 0.4) is 0 Å². The molecule has 0 aliphatic carbocycles. The van der Waals surface area contributed by atoms with Gasteiger partial charge in [0.25, 0.3) is 0 Å². The van der Waals surface area contributed by atoms with Crippen molar-refractivity contribution in [3.8, 4) is 0 Å². The van der Waals surface area contributed by atoms with E-state index in [1.807, 2.05) is 24.3 Å². The summed E-state index contributed by atoms with van der Waals surface area (Å²) in [4.78, 5) is 10.4. The van der Waals surface area contributed by atoms with E-state index in [1.54, 1.807) is 46.4 Å². The third kappa shape index (κ3) is 11.3. The van der Waals surface area contributed by atoms with Gasteiger partial charge in [-0.15, -0.1) is 0 Å². The number of hydrogen-bond donors (Lipinski definition) is 0. The van der Waals surface area contributed by atoms with Gasteiger partial charge in [0, 0.05) is 34.6 Å². The van der Waals surface area contributed by atoms with E-state index in [4.69, 9.17) is 0 Å². The summed E-state index contributed by atoms with van der Waals surface area (Å²) in [5.74, 6) is 0. The average molecular weight is 402 g/mol. The normalized spacial score (nSPS) is 7.00. The van der Waals surface area contributed by atoms with Gasteiger partial charge in [-0.2, -0.15) is 0 Å². The van der Waals surface area contributed by atoms with Crippen LogP contribution in [0.25, 0.3) is 30.8 Å². The SMILES string of the molecule is [NH2-].[NH2-].[NH2-].[NH2-].[NH2-].[Ru+5].c1cc(SSc2ccncc2)ccn1. The maximum absolute atomic E-state index is 3.97. The van der Waals surface area contributed by atoms with E-state index >= 15 is 0 Å². The Morgan fingerprint density at radius 1 is 0.550 bits per heavy atom. The molecule has 0 fully saturated rings. The van der Waals surface area contributed by atoms with Crippen LogP contribution >= 0.6 is 21.6 Å². The molecule has 7 nitrogen and oxygen atoms in total. The zero-order valence-electron chi connectivity index (χ0n) is 10.6. The molecule has 0 atom stereocenters. The molecule has 2 aromatic rings. The summed E-state index contributed by atoms with van der Waals surface area (Å²) in [5, 5.41) is 0. The first kappa shape index (κ1) is 31.7. The van der Waals surface area contributed by atoms with Crippen LogP contribution < -0.4 is 0 Å². The molecule has 0 bridgehead atoms. The number of aromatic nitrogens is 2. The molecule has 0 aliphatic rings. The smallest absolute Gasteiger partial charge is 0.693 e. The number of pyridine rings is 2. The first-order valence-corrected chi connectivity index (χ1v) is 6.25. The van der Waals surface area contributed by atoms with E-state index in [9.17, 15) is 0 Å². The first-order chi connectivity index (χ1) is 6.95. The molecule has 10 heteroatoms. The number of rotatable bonds is 3. The van der Waals surface area contributed by atoms with Gasteiger partial charge in [-0.25, -0.2) is 0 Å². The Kier molecular flexibility index (Phi) is 29.2. The van der Waals surface area contributed by atoms with Crippen LogP contribution in [0.1, 0.15) is 0 Å². The zero-order valence-corrected chi connectivity index (χ0v) is 13.9. The van der Waals surface area contributed by atoms with Crippen molar-refractivity contribution in [3.63, 3.8) is 0 Å². The summed E-state index contributed by atoms with van der Waals surface area (Å²) >= 11 is 0.